The van der Waals surface area contributed by atoms with Crippen LogP contribution in [0.25, 0.3) is 32.7 Å². The van der Waals surface area contributed by atoms with Crippen LogP contribution in [0.3, 0.4) is 0 Å². The zero-order valence-electron chi connectivity index (χ0n) is 41.3. The minimum atomic E-state index is -0.919. The maximum atomic E-state index is 13.2. The minimum Gasteiger partial charge on any atom is -0.481 e. The third kappa shape index (κ3) is 11.3. The van der Waals surface area contributed by atoms with E-state index in [2.05, 4.69) is 15.5 Å². The Morgan fingerprint density at radius 2 is 0.827 bits per heavy atom. The average molecular weight is 1080 g/mol. The zero-order valence-corrected chi connectivity index (χ0v) is 44.4. The van der Waals surface area contributed by atoms with Crippen molar-refractivity contribution in [3.8, 4) is 0 Å². The lowest BCUT2D eigenvalue weighted by Crippen LogP contribution is -2.19. The maximum Gasteiger partial charge on any atom is 0.361 e. The number of halogens is 4. The lowest BCUT2D eigenvalue weighted by Gasteiger charge is -2.08. The molecule has 10 rings (SSSR count). The van der Waals surface area contributed by atoms with E-state index in [-0.39, 0.29) is 37.1 Å². The van der Waals surface area contributed by atoms with E-state index in [4.69, 9.17) is 46.4 Å². The van der Waals surface area contributed by atoms with Crippen molar-refractivity contribution >= 4 is 108 Å². The first-order chi connectivity index (χ1) is 35.7. The van der Waals surface area contributed by atoms with Crippen molar-refractivity contribution in [3.63, 3.8) is 0 Å². The Morgan fingerprint density at radius 1 is 0.493 bits per heavy atom. The second-order valence-electron chi connectivity index (χ2n) is 18.0. The number of fused-ring (bicyclic) bond motifs is 3. The number of hydrogen-bond acceptors (Lipinski definition) is 8. The summed E-state index contributed by atoms with van der Waals surface area (Å²) in [6.07, 6.45) is -0.0269. The van der Waals surface area contributed by atoms with E-state index in [0.717, 1.165) is 66.4 Å². The molecule has 10 aromatic rings. The number of aryl methyl sites for hydroxylation is 3. The van der Waals surface area contributed by atoms with E-state index < -0.39 is 16.9 Å². The highest BCUT2D eigenvalue weighted by Crippen LogP contribution is 2.32. The van der Waals surface area contributed by atoms with Crippen LogP contribution in [0.1, 0.15) is 81.5 Å². The van der Waals surface area contributed by atoms with E-state index in [0.29, 0.717) is 48.5 Å². The van der Waals surface area contributed by atoms with Gasteiger partial charge < -0.3 is 5.11 Å². The van der Waals surface area contributed by atoms with Crippen molar-refractivity contribution in [2.24, 2.45) is 0 Å². The normalized spacial score (nSPS) is 11.1. The zero-order chi connectivity index (χ0) is 54.0. The van der Waals surface area contributed by atoms with Gasteiger partial charge in [-0.1, -0.05) is 69.7 Å². The number of carbonyl (C=O) groups is 5. The number of tetrazole rings is 1. The molecule has 0 atom stereocenters. The van der Waals surface area contributed by atoms with Crippen LogP contribution >= 0.6 is 46.4 Å². The largest absolute Gasteiger partial charge is 0.481 e. The number of H-pyrrole nitrogens is 1. The number of carbonyl (C=O) groups excluding carboxylic acids is 4. The molecule has 0 aliphatic rings. The number of nitrogens with one attached hydrogen (secondary N) is 1. The standard InChI is InChI=1S/C19H15Cl2NO2.C19H16ClN5O2.C19H16ClNO3/c1-11-3-8-17-16(9-11)15(10-18(21)23)12(2)22(17)19(24)13-4-6-14(20)7-5-13;1-11-3-8-17-15(9-11)16(10-24-19(27)21-22-23-24)12(2)25(17)18(26)13-4-6-14(20)7-5-13;1-11-3-8-17-16(9-11)15(10-18(22)23)12(2)21(17)19(24)13-4-6-14(20)7-5-13/h3-9H,10H2,1-2H3;3-9H,10H2,1-2H3,(H,21,23,27);3-9H,10H2,1-2H3,(H,22,23). The van der Waals surface area contributed by atoms with E-state index in [9.17, 15) is 33.9 Å². The second kappa shape index (κ2) is 22.3. The number of rotatable bonds is 9. The Hall–Kier alpha value is -7.88. The van der Waals surface area contributed by atoms with Crippen molar-refractivity contribution in [2.75, 3.05) is 0 Å². The lowest BCUT2D eigenvalue weighted by molar-refractivity contribution is -0.136. The third-order valence-electron chi connectivity index (χ3n) is 12.8. The maximum absolute atomic E-state index is 13.2. The second-order valence-corrected chi connectivity index (χ2v) is 19.7. The average Bonchev–Trinajstić information content (AvgIpc) is 4.07. The highest BCUT2D eigenvalue weighted by atomic mass is 35.5. The van der Waals surface area contributed by atoms with Gasteiger partial charge in [-0.05, 0) is 184 Å². The quantitative estimate of drug-likeness (QED) is 0.133. The third-order valence-corrected chi connectivity index (χ3v) is 13.7. The lowest BCUT2D eigenvalue weighted by atomic mass is 10.1. The number of aromatic amines is 1. The molecule has 2 N–H and O–H groups in total. The van der Waals surface area contributed by atoms with Gasteiger partial charge in [0.25, 0.3) is 17.7 Å². The molecule has 0 amide bonds. The van der Waals surface area contributed by atoms with Crippen molar-refractivity contribution in [3.05, 3.63) is 220 Å². The molecule has 0 aliphatic heterocycles. The van der Waals surface area contributed by atoms with Crippen molar-refractivity contribution < 1.29 is 29.1 Å². The molecule has 6 aromatic carbocycles. The Balaban J connectivity index is 0.000000150. The van der Waals surface area contributed by atoms with Gasteiger partial charge in [-0.3, -0.25) is 37.7 Å². The van der Waals surface area contributed by atoms with E-state index in [1.54, 1.807) is 93.4 Å². The molecular formula is C57H47Cl4N7O7. The topological polar surface area (TPSA) is 184 Å². The number of benzene rings is 6. The van der Waals surface area contributed by atoms with Crippen LogP contribution in [0, 0.1) is 41.5 Å². The molecule has 0 bridgehead atoms. The van der Waals surface area contributed by atoms with Crippen LogP contribution in [0.2, 0.25) is 15.1 Å². The van der Waals surface area contributed by atoms with Gasteiger partial charge in [0, 0.05) is 77.0 Å². The number of aromatic nitrogens is 7. The molecule has 4 heterocycles. The number of hydrogen-bond donors (Lipinski definition) is 2. The Morgan fingerprint density at radius 3 is 1.15 bits per heavy atom. The van der Waals surface area contributed by atoms with Gasteiger partial charge in [0.15, 0.2) is 0 Å². The fourth-order valence-corrected chi connectivity index (χ4v) is 9.66. The molecule has 0 fully saturated rings. The van der Waals surface area contributed by atoms with Crippen LogP contribution in [0.4, 0.5) is 0 Å². The van der Waals surface area contributed by atoms with Gasteiger partial charge in [0.05, 0.1) is 29.5 Å². The van der Waals surface area contributed by atoms with Crippen LogP contribution in [-0.4, -0.2) is 67.9 Å². The van der Waals surface area contributed by atoms with Gasteiger partial charge in [-0.2, -0.15) is 4.68 Å². The minimum absolute atomic E-state index is 0.0915. The van der Waals surface area contributed by atoms with Gasteiger partial charge in [-0.15, -0.1) is 0 Å². The van der Waals surface area contributed by atoms with Crippen molar-refractivity contribution in [1.82, 2.24) is 33.9 Å². The first-order valence-electron chi connectivity index (χ1n) is 23.3. The highest BCUT2D eigenvalue weighted by Gasteiger charge is 2.24. The van der Waals surface area contributed by atoms with Crippen molar-refractivity contribution in [2.45, 2.75) is 60.9 Å². The summed E-state index contributed by atoms with van der Waals surface area (Å²) in [5.41, 5.74) is 11.0. The first kappa shape index (κ1) is 53.4. The summed E-state index contributed by atoms with van der Waals surface area (Å²) in [5.74, 6) is -1.43. The Kier molecular flexibility index (Phi) is 15.9. The Bertz CT molecular complexity index is 3780. The summed E-state index contributed by atoms with van der Waals surface area (Å²) >= 11 is 23.3. The van der Waals surface area contributed by atoms with Gasteiger partial charge in [-0.25, -0.2) is 9.89 Å². The van der Waals surface area contributed by atoms with Crippen LogP contribution in [0.5, 0.6) is 0 Å². The van der Waals surface area contributed by atoms with Gasteiger partial charge in [0.2, 0.25) is 5.24 Å². The molecule has 380 valence electrons. The number of aliphatic carboxylic acids is 1. The number of nitrogens with zero attached hydrogens (tertiary/aromatic N) is 6. The Labute approximate surface area is 449 Å². The molecule has 4 aromatic heterocycles. The summed E-state index contributed by atoms with van der Waals surface area (Å²) in [5, 5.41) is 22.7. The summed E-state index contributed by atoms with van der Waals surface area (Å²) in [7, 11) is 0. The summed E-state index contributed by atoms with van der Waals surface area (Å²) < 4.78 is 6.11. The predicted octanol–water partition coefficient (Wildman–Crippen LogP) is 12.1. The molecule has 0 radical (unpaired) electrons. The number of carboxylic acids is 1. The van der Waals surface area contributed by atoms with Crippen LogP contribution in [-0.2, 0) is 29.0 Å². The molecule has 0 aliphatic carbocycles. The van der Waals surface area contributed by atoms with Gasteiger partial charge in [0.1, 0.15) is 0 Å². The summed E-state index contributed by atoms with van der Waals surface area (Å²) in [4.78, 5) is 73.6. The summed E-state index contributed by atoms with van der Waals surface area (Å²) in [6, 6.07) is 37.6. The molecule has 14 nitrogen and oxygen atoms in total. The summed E-state index contributed by atoms with van der Waals surface area (Å²) in [6.45, 7) is 11.6. The van der Waals surface area contributed by atoms with E-state index >= 15 is 0 Å². The SMILES string of the molecule is Cc1ccc2c(c1)c(CC(=O)Cl)c(C)n2C(=O)c1ccc(Cl)cc1.Cc1ccc2c(c1)c(CC(=O)O)c(C)n2C(=O)c1ccc(Cl)cc1.Cc1ccc2c(c1)c(Cn1nn[nH]c1=O)c(C)n2C(=O)c1ccc(Cl)cc1. The fraction of sp³-hybridized carbons (Fsp3) is 0.158. The first-order valence-corrected chi connectivity index (χ1v) is 24.8. The molecular weight excluding hydrogens is 1040 g/mol. The fourth-order valence-electron chi connectivity index (χ4n) is 9.15. The van der Waals surface area contributed by atoms with Crippen LogP contribution < -0.4 is 5.69 Å². The number of carboxylic acid groups (broad SMARTS) is 1. The molecule has 18 heteroatoms. The monoisotopic (exact) mass is 1080 g/mol. The molecule has 0 spiro atoms. The molecule has 0 saturated heterocycles. The molecule has 0 unspecified atom stereocenters. The smallest absolute Gasteiger partial charge is 0.361 e. The van der Waals surface area contributed by atoms with Crippen LogP contribution in [0.15, 0.2) is 132 Å². The van der Waals surface area contributed by atoms with Gasteiger partial charge >= 0.3 is 11.7 Å². The predicted molar refractivity (Wildman–Crippen MR) is 293 cm³/mol. The van der Waals surface area contributed by atoms with E-state index in [1.165, 1.54) is 4.68 Å². The van der Waals surface area contributed by atoms with Crippen molar-refractivity contribution in [1.29, 1.82) is 0 Å². The highest BCUT2D eigenvalue weighted by molar-refractivity contribution is 6.63. The van der Waals surface area contributed by atoms with E-state index in [1.807, 2.05) is 89.2 Å². The molecule has 75 heavy (non-hydrogen) atoms. The molecule has 0 saturated carbocycles.